The number of nitrogens with two attached hydrogens (primary N) is 1. The van der Waals surface area contributed by atoms with E-state index in [2.05, 4.69) is 9.97 Å². The van der Waals surface area contributed by atoms with Crippen molar-refractivity contribution in [2.45, 2.75) is 26.2 Å². The average Bonchev–Trinajstić information content (AvgIpc) is 2.02. The van der Waals surface area contributed by atoms with Crippen molar-refractivity contribution in [3.05, 3.63) is 15.9 Å². The summed E-state index contributed by atoms with van der Waals surface area (Å²) in [5, 5.41) is 0.707. The molecule has 0 aliphatic heterocycles. The Bertz CT molecular complexity index is 291. The third-order valence-electron chi connectivity index (χ3n) is 1.98. The van der Waals surface area contributed by atoms with Crippen LogP contribution < -0.4 is 5.73 Å². The molecule has 0 saturated heterocycles. The summed E-state index contributed by atoms with van der Waals surface area (Å²) in [6.07, 6.45) is 0.937. The van der Waals surface area contributed by atoms with Gasteiger partial charge in [0.25, 0.3) is 0 Å². The van der Waals surface area contributed by atoms with Crippen molar-refractivity contribution in [1.29, 1.82) is 0 Å². The molecule has 1 atom stereocenters. The zero-order chi connectivity index (χ0) is 10.0. The van der Waals surface area contributed by atoms with Gasteiger partial charge in [-0.25, -0.2) is 9.97 Å². The van der Waals surface area contributed by atoms with Crippen molar-refractivity contribution in [3.63, 3.8) is 0 Å². The molecule has 72 valence electrons. The maximum atomic E-state index is 5.89. The smallest absolute Gasteiger partial charge is 0.222 e. The van der Waals surface area contributed by atoms with Gasteiger partial charge in [-0.3, -0.25) is 0 Å². The molecule has 1 aromatic heterocycles. The molecule has 0 aliphatic rings. The van der Waals surface area contributed by atoms with Gasteiger partial charge in [0, 0.05) is 5.56 Å². The Hall–Kier alpha value is -0.540. The lowest BCUT2D eigenvalue weighted by Crippen LogP contribution is -2.02. The molecule has 1 heterocycles. The maximum absolute atomic E-state index is 5.89. The lowest BCUT2D eigenvalue weighted by Gasteiger charge is -2.11. The molecule has 0 fully saturated rings. The van der Waals surface area contributed by atoms with Crippen LogP contribution in [0.15, 0.2) is 0 Å². The van der Waals surface area contributed by atoms with Crippen molar-refractivity contribution in [1.82, 2.24) is 9.97 Å². The molecule has 0 unspecified atom stereocenters. The van der Waals surface area contributed by atoms with Gasteiger partial charge in [0.15, 0.2) is 0 Å². The quantitative estimate of drug-likeness (QED) is 0.779. The monoisotopic (exact) mass is 219 g/mol. The second kappa shape index (κ2) is 4.11. The number of aromatic nitrogens is 2. The molecule has 0 bridgehead atoms. The van der Waals surface area contributed by atoms with E-state index in [1.54, 1.807) is 0 Å². The Morgan fingerprint density at radius 1 is 1.31 bits per heavy atom. The van der Waals surface area contributed by atoms with Crippen molar-refractivity contribution in [2.24, 2.45) is 0 Å². The molecule has 0 aromatic carbocycles. The van der Waals surface area contributed by atoms with E-state index in [4.69, 9.17) is 28.9 Å². The first-order valence-electron chi connectivity index (χ1n) is 4.04. The van der Waals surface area contributed by atoms with Crippen LogP contribution in [0.25, 0.3) is 0 Å². The van der Waals surface area contributed by atoms with Crippen molar-refractivity contribution in [2.75, 3.05) is 5.73 Å². The molecule has 13 heavy (non-hydrogen) atoms. The van der Waals surface area contributed by atoms with Crippen LogP contribution in [0.1, 0.15) is 31.7 Å². The molecule has 0 radical (unpaired) electrons. The molecule has 0 amide bonds. The molecule has 0 saturated carbocycles. The van der Waals surface area contributed by atoms with Crippen LogP contribution in [0, 0.1) is 0 Å². The first-order valence-corrected chi connectivity index (χ1v) is 4.80. The number of hydrogen-bond acceptors (Lipinski definition) is 3. The fourth-order valence-corrected chi connectivity index (χ4v) is 1.82. The highest BCUT2D eigenvalue weighted by atomic mass is 35.5. The molecule has 0 aliphatic carbocycles. The topological polar surface area (TPSA) is 51.8 Å². The molecule has 1 rings (SSSR count). The van der Waals surface area contributed by atoms with Crippen LogP contribution in [-0.2, 0) is 0 Å². The number of halogens is 2. The van der Waals surface area contributed by atoms with E-state index in [1.165, 1.54) is 0 Å². The molecular weight excluding hydrogens is 209 g/mol. The summed E-state index contributed by atoms with van der Waals surface area (Å²) in [4.78, 5) is 7.70. The lowest BCUT2D eigenvalue weighted by molar-refractivity contribution is 0.725. The first-order chi connectivity index (χ1) is 6.06. The third kappa shape index (κ3) is 2.23. The summed E-state index contributed by atoms with van der Waals surface area (Å²) in [6.45, 7) is 4.07. The third-order valence-corrected chi connectivity index (χ3v) is 2.55. The number of nitrogen functional groups attached to an aromatic ring is 1. The van der Waals surface area contributed by atoms with Gasteiger partial charge in [-0.1, -0.05) is 37.0 Å². The highest BCUT2D eigenvalue weighted by Crippen LogP contribution is 2.30. The Kier molecular flexibility index (Phi) is 3.33. The second-order valence-electron chi connectivity index (χ2n) is 2.89. The molecule has 2 N–H and O–H groups in total. The lowest BCUT2D eigenvalue weighted by atomic mass is 10.0. The van der Waals surface area contributed by atoms with Crippen LogP contribution in [0.2, 0.25) is 10.3 Å². The highest BCUT2D eigenvalue weighted by molar-refractivity contribution is 6.34. The van der Waals surface area contributed by atoms with Gasteiger partial charge < -0.3 is 5.73 Å². The van der Waals surface area contributed by atoms with Crippen LogP contribution in [0.4, 0.5) is 5.95 Å². The average molecular weight is 220 g/mol. The van der Waals surface area contributed by atoms with Gasteiger partial charge in [0.1, 0.15) is 10.3 Å². The first kappa shape index (κ1) is 10.5. The van der Waals surface area contributed by atoms with Gasteiger partial charge in [0.2, 0.25) is 5.95 Å². The maximum Gasteiger partial charge on any atom is 0.222 e. The molecular formula is C8H11Cl2N3. The minimum Gasteiger partial charge on any atom is -0.368 e. The van der Waals surface area contributed by atoms with Gasteiger partial charge >= 0.3 is 0 Å². The van der Waals surface area contributed by atoms with Gasteiger partial charge in [-0.05, 0) is 12.3 Å². The second-order valence-corrected chi connectivity index (χ2v) is 3.60. The number of nitrogens with zero attached hydrogens (tertiary/aromatic N) is 2. The largest absolute Gasteiger partial charge is 0.368 e. The zero-order valence-electron chi connectivity index (χ0n) is 7.51. The van der Waals surface area contributed by atoms with Gasteiger partial charge in [-0.2, -0.15) is 0 Å². The summed E-state index contributed by atoms with van der Waals surface area (Å²) < 4.78 is 0. The van der Waals surface area contributed by atoms with E-state index >= 15 is 0 Å². The number of rotatable bonds is 2. The fourth-order valence-electron chi connectivity index (χ4n) is 1.04. The molecule has 3 nitrogen and oxygen atoms in total. The van der Waals surface area contributed by atoms with E-state index in [0.29, 0.717) is 10.3 Å². The summed E-state index contributed by atoms with van der Waals surface area (Å²) in [7, 11) is 0. The van der Waals surface area contributed by atoms with Crippen LogP contribution >= 0.6 is 23.2 Å². The van der Waals surface area contributed by atoms with Crippen molar-refractivity contribution in [3.8, 4) is 0 Å². The Morgan fingerprint density at radius 2 is 1.77 bits per heavy atom. The molecule has 0 spiro atoms. The van der Waals surface area contributed by atoms with Gasteiger partial charge in [-0.15, -0.1) is 0 Å². The number of anilines is 1. The van der Waals surface area contributed by atoms with Crippen LogP contribution in [0.3, 0.4) is 0 Å². The standard InChI is InChI=1S/C8H11Cl2N3/c1-3-4(2)5-6(9)12-8(11)13-7(5)10/h4H,3H2,1-2H3,(H2,11,12,13)/t4-/m0/s1. The van der Waals surface area contributed by atoms with Crippen LogP contribution in [-0.4, -0.2) is 9.97 Å². The van der Waals surface area contributed by atoms with E-state index in [1.807, 2.05) is 13.8 Å². The van der Waals surface area contributed by atoms with Crippen molar-refractivity contribution < 1.29 is 0 Å². The minimum absolute atomic E-state index is 0.113. The van der Waals surface area contributed by atoms with Gasteiger partial charge in [0.05, 0.1) is 0 Å². The van der Waals surface area contributed by atoms with E-state index in [9.17, 15) is 0 Å². The zero-order valence-corrected chi connectivity index (χ0v) is 9.02. The Morgan fingerprint density at radius 3 is 2.15 bits per heavy atom. The highest BCUT2D eigenvalue weighted by Gasteiger charge is 2.15. The minimum atomic E-state index is 0.113. The summed E-state index contributed by atoms with van der Waals surface area (Å²) in [5.41, 5.74) is 6.16. The van der Waals surface area contributed by atoms with Crippen molar-refractivity contribution >= 4 is 29.2 Å². The summed E-state index contributed by atoms with van der Waals surface area (Å²) in [5.74, 6) is 0.364. The fraction of sp³-hybridized carbons (Fsp3) is 0.500. The molecule has 5 heteroatoms. The van der Waals surface area contributed by atoms with E-state index in [-0.39, 0.29) is 11.9 Å². The Balaban J connectivity index is 3.20. The Labute approximate surface area is 87.3 Å². The number of hydrogen-bond donors (Lipinski definition) is 1. The van der Waals surface area contributed by atoms with Crippen LogP contribution in [0.5, 0.6) is 0 Å². The predicted octanol–water partition coefficient (Wildman–Crippen LogP) is 2.88. The van der Waals surface area contributed by atoms with E-state index in [0.717, 1.165) is 12.0 Å². The molecule has 1 aromatic rings. The predicted molar refractivity (Wildman–Crippen MR) is 55.2 cm³/mol. The SMILES string of the molecule is CC[C@H](C)c1c(Cl)nc(N)nc1Cl. The summed E-state index contributed by atoms with van der Waals surface area (Å²) in [6, 6.07) is 0. The van der Waals surface area contributed by atoms with E-state index < -0.39 is 0 Å². The normalized spacial score (nSPS) is 12.9. The summed E-state index contributed by atoms with van der Waals surface area (Å²) >= 11 is 11.8.